The number of nitrogens with zero attached hydrogens (tertiary/aromatic N) is 2. The summed E-state index contributed by atoms with van der Waals surface area (Å²) in [5.41, 5.74) is 0.897. The lowest BCUT2D eigenvalue weighted by atomic mass is 10.2. The number of hydrogen-bond acceptors (Lipinski definition) is 6. The second-order valence-corrected chi connectivity index (χ2v) is 9.55. The minimum atomic E-state index is -3.43. The minimum absolute atomic E-state index is 0.00161. The Labute approximate surface area is 138 Å². The van der Waals surface area contributed by atoms with Crippen LogP contribution in [0.25, 0.3) is 0 Å². The molecule has 7 heteroatoms. The number of rotatable bonds is 4. The van der Waals surface area contributed by atoms with E-state index in [4.69, 9.17) is 9.47 Å². The molecule has 0 spiro atoms. The standard InChI is InChI=1S/C16H26N2O4S/c1-12-9-18(10-14(22-12)11-21-5)13-6-7-15(17-8-13)23(19,20)16(2,3)4/h6-8,12,14H,9-11H2,1-5H3. The molecule has 0 aromatic carbocycles. The highest BCUT2D eigenvalue weighted by Crippen LogP contribution is 2.26. The fourth-order valence-corrected chi connectivity index (χ4v) is 3.63. The zero-order valence-corrected chi connectivity index (χ0v) is 15.3. The van der Waals surface area contributed by atoms with E-state index in [1.165, 1.54) is 0 Å². The number of hydrogen-bond donors (Lipinski definition) is 0. The third kappa shape index (κ3) is 4.02. The summed E-state index contributed by atoms with van der Waals surface area (Å²) in [6.07, 6.45) is 1.71. The molecule has 1 aliphatic rings. The number of morpholine rings is 1. The predicted octanol–water partition coefficient (Wildman–Crippen LogP) is 1.89. The lowest BCUT2D eigenvalue weighted by molar-refractivity contribution is -0.0511. The van der Waals surface area contributed by atoms with Crippen molar-refractivity contribution in [1.82, 2.24) is 4.98 Å². The zero-order valence-electron chi connectivity index (χ0n) is 14.4. The molecule has 0 aliphatic carbocycles. The van der Waals surface area contributed by atoms with Crippen LogP contribution in [-0.4, -0.2) is 57.2 Å². The van der Waals surface area contributed by atoms with Gasteiger partial charge in [-0.25, -0.2) is 13.4 Å². The summed E-state index contributed by atoms with van der Waals surface area (Å²) in [6.45, 7) is 9.02. The molecule has 1 saturated heterocycles. The Balaban J connectivity index is 2.19. The first-order valence-corrected chi connectivity index (χ1v) is 9.23. The Kier molecular flexibility index (Phi) is 5.33. The van der Waals surface area contributed by atoms with Crippen molar-refractivity contribution in [3.63, 3.8) is 0 Å². The fourth-order valence-electron chi connectivity index (χ4n) is 2.57. The number of aromatic nitrogens is 1. The van der Waals surface area contributed by atoms with Gasteiger partial charge in [-0.3, -0.25) is 0 Å². The molecule has 0 N–H and O–H groups in total. The molecule has 23 heavy (non-hydrogen) atoms. The van der Waals surface area contributed by atoms with E-state index in [1.54, 1.807) is 40.1 Å². The lowest BCUT2D eigenvalue weighted by Crippen LogP contribution is -2.48. The first-order chi connectivity index (χ1) is 10.6. The normalized spacial score (nSPS) is 23.1. The van der Waals surface area contributed by atoms with Gasteiger partial charge in [-0.05, 0) is 39.8 Å². The van der Waals surface area contributed by atoms with Crippen LogP contribution in [0.2, 0.25) is 0 Å². The molecule has 6 nitrogen and oxygen atoms in total. The van der Waals surface area contributed by atoms with Gasteiger partial charge in [0.15, 0.2) is 14.9 Å². The number of methoxy groups -OCH3 is 1. The van der Waals surface area contributed by atoms with Gasteiger partial charge in [0.2, 0.25) is 0 Å². The lowest BCUT2D eigenvalue weighted by Gasteiger charge is -2.37. The van der Waals surface area contributed by atoms with Crippen LogP contribution in [0.3, 0.4) is 0 Å². The first-order valence-electron chi connectivity index (χ1n) is 7.75. The molecule has 0 radical (unpaired) electrons. The quantitative estimate of drug-likeness (QED) is 0.832. The molecule has 2 atom stereocenters. The highest BCUT2D eigenvalue weighted by Gasteiger charge is 2.32. The Morgan fingerprint density at radius 1 is 1.35 bits per heavy atom. The first kappa shape index (κ1) is 18.2. The van der Waals surface area contributed by atoms with E-state index in [0.29, 0.717) is 13.2 Å². The van der Waals surface area contributed by atoms with Gasteiger partial charge < -0.3 is 14.4 Å². The molecule has 2 heterocycles. The van der Waals surface area contributed by atoms with Gasteiger partial charge in [0, 0.05) is 20.2 Å². The second kappa shape index (κ2) is 6.75. The summed E-state index contributed by atoms with van der Waals surface area (Å²) in [7, 11) is -1.77. The Morgan fingerprint density at radius 3 is 2.57 bits per heavy atom. The van der Waals surface area contributed by atoms with Gasteiger partial charge in [0.25, 0.3) is 0 Å². The van der Waals surface area contributed by atoms with Crippen LogP contribution in [-0.2, 0) is 19.3 Å². The van der Waals surface area contributed by atoms with E-state index in [2.05, 4.69) is 9.88 Å². The molecule has 1 aromatic heterocycles. The van der Waals surface area contributed by atoms with Crippen LogP contribution in [0.15, 0.2) is 23.4 Å². The number of sulfone groups is 1. The van der Waals surface area contributed by atoms with E-state index < -0.39 is 14.6 Å². The topological polar surface area (TPSA) is 68.7 Å². The molecular formula is C16H26N2O4S. The summed E-state index contributed by atoms with van der Waals surface area (Å²) < 4.78 is 35.0. The van der Waals surface area contributed by atoms with Gasteiger partial charge in [0.05, 0.1) is 35.4 Å². The van der Waals surface area contributed by atoms with Crippen molar-refractivity contribution in [2.24, 2.45) is 0 Å². The molecule has 0 bridgehead atoms. The molecule has 2 rings (SSSR count). The third-order valence-electron chi connectivity index (χ3n) is 3.85. The van der Waals surface area contributed by atoms with Crippen molar-refractivity contribution in [3.8, 4) is 0 Å². The van der Waals surface area contributed by atoms with Crippen molar-refractivity contribution in [2.45, 2.75) is 49.7 Å². The SMILES string of the molecule is COCC1CN(c2ccc(S(=O)(=O)C(C)(C)C)nc2)CC(C)O1. The highest BCUT2D eigenvalue weighted by atomic mass is 32.2. The third-order valence-corrected chi connectivity index (χ3v) is 6.25. The van der Waals surface area contributed by atoms with Crippen LogP contribution < -0.4 is 4.90 Å². The molecule has 130 valence electrons. The maximum absolute atomic E-state index is 12.4. The molecule has 1 fully saturated rings. The van der Waals surface area contributed by atoms with Gasteiger partial charge >= 0.3 is 0 Å². The van der Waals surface area contributed by atoms with Crippen LogP contribution in [0, 0.1) is 0 Å². The van der Waals surface area contributed by atoms with E-state index in [9.17, 15) is 8.42 Å². The summed E-state index contributed by atoms with van der Waals surface area (Å²) in [5, 5.41) is 0.114. The fraction of sp³-hybridized carbons (Fsp3) is 0.688. The minimum Gasteiger partial charge on any atom is -0.382 e. The summed E-state index contributed by atoms with van der Waals surface area (Å²) in [6, 6.07) is 3.40. The summed E-state index contributed by atoms with van der Waals surface area (Å²) in [4.78, 5) is 6.34. The van der Waals surface area contributed by atoms with E-state index in [0.717, 1.165) is 12.2 Å². The van der Waals surface area contributed by atoms with Crippen molar-refractivity contribution in [1.29, 1.82) is 0 Å². The van der Waals surface area contributed by atoms with Crippen LogP contribution >= 0.6 is 0 Å². The van der Waals surface area contributed by atoms with Crippen molar-refractivity contribution < 1.29 is 17.9 Å². The largest absolute Gasteiger partial charge is 0.382 e. The highest BCUT2D eigenvalue weighted by molar-refractivity contribution is 7.92. The van der Waals surface area contributed by atoms with Gasteiger partial charge in [0.1, 0.15) is 0 Å². The summed E-state index contributed by atoms with van der Waals surface area (Å²) in [5.74, 6) is 0. The molecule has 1 aromatic rings. The number of ether oxygens (including phenoxy) is 2. The van der Waals surface area contributed by atoms with Crippen molar-refractivity contribution in [3.05, 3.63) is 18.3 Å². The molecule has 0 amide bonds. The zero-order chi connectivity index (χ0) is 17.3. The van der Waals surface area contributed by atoms with Crippen molar-refractivity contribution in [2.75, 3.05) is 31.7 Å². The van der Waals surface area contributed by atoms with Gasteiger partial charge in [-0.2, -0.15) is 0 Å². The number of anilines is 1. The predicted molar refractivity (Wildman–Crippen MR) is 89.6 cm³/mol. The van der Waals surface area contributed by atoms with Gasteiger partial charge in [-0.15, -0.1) is 0 Å². The second-order valence-electron chi connectivity index (χ2n) is 6.90. The molecule has 1 aliphatic heterocycles. The van der Waals surface area contributed by atoms with E-state index in [-0.39, 0.29) is 17.2 Å². The maximum Gasteiger partial charge on any atom is 0.200 e. The van der Waals surface area contributed by atoms with E-state index >= 15 is 0 Å². The van der Waals surface area contributed by atoms with Gasteiger partial charge in [-0.1, -0.05) is 0 Å². The average molecular weight is 342 g/mol. The smallest absolute Gasteiger partial charge is 0.200 e. The monoisotopic (exact) mass is 342 g/mol. The Hall–Kier alpha value is -1.18. The van der Waals surface area contributed by atoms with Crippen LogP contribution in [0.4, 0.5) is 5.69 Å². The Morgan fingerprint density at radius 2 is 2.04 bits per heavy atom. The summed E-state index contributed by atoms with van der Waals surface area (Å²) >= 11 is 0. The van der Waals surface area contributed by atoms with Crippen molar-refractivity contribution >= 4 is 15.5 Å². The molecular weight excluding hydrogens is 316 g/mol. The van der Waals surface area contributed by atoms with Crippen LogP contribution in [0.1, 0.15) is 27.7 Å². The van der Waals surface area contributed by atoms with Crippen LogP contribution in [0.5, 0.6) is 0 Å². The Bertz CT molecular complexity index is 622. The number of pyridine rings is 1. The maximum atomic E-state index is 12.4. The molecule has 2 unspecified atom stereocenters. The van der Waals surface area contributed by atoms with E-state index in [1.807, 2.05) is 13.0 Å². The molecule has 0 saturated carbocycles. The average Bonchev–Trinajstić information content (AvgIpc) is 2.46.